The predicted octanol–water partition coefficient (Wildman–Crippen LogP) is 3.68. The molecule has 0 amide bonds. The second kappa shape index (κ2) is 7.31. The molecule has 0 radical (unpaired) electrons. The van der Waals surface area contributed by atoms with E-state index in [1.54, 1.807) is 0 Å². The highest BCUT2D eigenvalue weighted by Crippen LogP contribution is 2.21. The second-order valence-corrected chi connectivity index (χ2v) is 4.95. The molecule has 0 atom stereocenters. The molecule has 4 heteroatoms. The minimum absolute atomic E-state index is 0.880. The van der Waals surface area contributed by atoms with Crippen LogP contribution in [0.5, 0.6) is 0 Å². The van der Waals surface area contributed by atoms with E-state index in [-0.39, 0.29) is 0 Å². The van der Waals surface area contributed by atoms with E-state index in [0.717, 1.165) is 11.0 Å². The summed E-state index contributed by atoms with van der Waals surface area (Å²) in [7, 11) is 4.48. The van der Waals surface area contributed by atoms with Gasteiger partial charge in [0.1, 0.15) is 12.2 Å². The van der Waals surface area contributed by atoms with Gasteiger partial charge in [-0.25, -0.2) is 4.79 Å². The molecule has 20 heavy (non-hydrogen) atoms. The minimum atomic E-state index is -1.83. The monoisotopic (exact) mass is 274 g/mol. The van der Waals surface area contributed by atoms with Crippen LogP contribution in [-0.2, 0) is 6.54 Å². The van der Waals surface area contributed by atoms with Gasteiger partial charge in [0.25, 0.3) is 0 Å². The third-order valence-corrected chi connectivity index (χ3v) is 2.88. The maximum absolute atomic E-state index is 8.56. The van der Waals surface area contributed by atoms with Gasteiger partial charge >= 0.3 is 6.16 Å². The van der Waals surface area contributed by atoms with Gasteiger partial charge < -0.3 is 10.2 Å². The Bertz CT molecular complexity index is 520. The highest BCUT2D eigenvalue weighted by molar-refractivity contribution is 5.53. The van der Waals surface area contributed by atoms with Gasteiger partial charge in [-0.15, -0.1) is 0 Å². The quantitative estimate of drug-likeness (QED) is 0.839. The van der Waals surface area contributed by atoms with E-state index in [1.165, 1.54) is 11.3 Å². The molecule has 0 spiro atoms. The van der Waals surface area contributed by atoms with Crippen LogP contribution in [0.4, 0.5) is 10.5 Å². The van der Waals surface area contributed by atoms with Crippen molar-refractivity contribution in [3.8, 4) is 0 Å². The predicted molar refractivity (Wildman–Crippen MR) is 80.9 cm³/mol. The van der Waals surface area contributed by atoms with Gasteiger partial charge in [0.15, 0.2) is 0 Å². The molecule has 0 unspecified atom stereocenters. The maximum atomic E-state index is 8.56. The Balaban J connectivity index is 0.000000444. The molecule has 106 valence electrons. The molecule has 2 rings (SSSR count). The van der Waals surface area contributed by atoms with E-state index >= 15 is 0 Å². The van der Waals surface area contributed by atoms with Crippen molar-refractivity contribution in [3.05, 3.63) is 66.2 Å². The topological polar surface area (TPSA) is 57.5 Å². The lowest BCUT2D eigenvalue weighted by molar-refractivity contribution is 0.137. The standard InChI is InChI=1S/C15H18N.CH2O3/c1-16(2,15-11-7-4-8-12-15)13-14-9-5-3-6-10-14;2-1(3)4/h3-12H,13H2,1-2H3;(H2,2,3,4)/q+1;. The van der Waals surface area contributed by atoms with Crippen molar-refractivity contribution in [3.63, 3.8) is 0 Å². The molecule has 2 aromatic rings. The molecule has 0 heterocycles. The van der Waals surface area contributed by atoms with E-state index < -0.39 is 6.16 Å². The number of carboxylic acid groups (broad SMARTS) is 2. The van der Waals surface area contributed by atoms with Gasteiger partial charge in [-0.1, -0.05) is 48.5 Å². The van der Waals surface area contributed by atoms with Crippen molar-refractivity contribution >= 4 is 11.8 Å². The number of carbonyl (C=O) groups is 1. The Labute approximate surface area is 119 Å². The average molecular weight is 274 g/mol. The molecule has 0 fully saturated rings. The van der Waals surface area contributed by atoms with Crippen LogP contribution >= 0.6 is 0 Å². The van der Waals surface area contributed by atoms with E-state index in [9.17, 15) is 0 Å². The van der Waals surface area contributed by atoms with Crippen LogP contribution in [0.3, 0.4) is 0 Å². The Morgan fingerprint density at radius 1 is 0.900 bits per heavy atom. The number of nitrogens with zero attached hydrogens (tertiary/aromatic N) is 1. The molecule has 2 aromatic carbocycles. The van der Waals surface area contributed by atoms with E-state index in [2.05, 4.69) is 74.8 Å². The number of quaternary nitrogens is 1. The van der Waals surface area contributed by atoms with Crippen molar-refractivity contribution < 1.29 is 15.0 Å². The van der Waals surface area contributed by atoms with Crippen molar-refractivity contribution in [2.75, 3.05) is 14.1 Å². The zero-order valence-electron chi connectivity index (χ0n) is 11.7. The molecule has 0 aliphatic rings. The lowest BCUT2D eigenvalue weighted by atomic mass is 10.2. The normalized spacial score (nSPS) is 10.3. The molecule has 0 aliphatic heterocycles. The summed E-state index contributed by atoms with van der Waals surface area (Å²) >= 11 is 0. The van der Waals surface area contributed by atoms with Crippen molar-refractivity contribution in [1.29, 1.82) is 0 Å². The van der Waals surface area contributed by atoms with E-state index in [1.807, 2.05) is 0 Å². The number of para-hydroxylation sites is 1. The second-order valence-electron chi connectivity index (χ2n) is 4.95. The van der Waals surface area contributed by atoms with Crippen LogP contribution in [0.2, 0.25) is 0 Å². The third-order valence-electron chi connectivity index (χ3n) is 2.88. The maximum Gasteiger partial charge on any atom is 0.503 e. The fourth-order valence-corrected chi connectivity index (χ4v) is 1.96. The number of hydrogen-bond acceptors (Lipinski definition) is 1. The number of hydrogen-bond donors (Lipinski definition) is 2. The first-order valence-corrected chi connectivity index (χ1v) is 6.26. The van der Waals surface area contributed by atoms with E-state index in [4.69, 9.17) is 15.0 Å². The Morgan fingerprint density at radius 3 is 1.75 bits per heavy atom. The van der Waals surface area contributed by atoms with Crippen LogP contribution < -0.4 is 4.48 Å². The van der Waals surface area contributed by atoms with Crippen molar-refractivity contribution in [2.24, 2.45) is 0 Å². The van der Waals surface area contributed by atoms with Crippen LogP contribution in [-0.4, -0.2) is 30.5 Å². The molecule has 4 nitrogen and oxygen atoms in total. The van der Waals surface area contributed by atoms with Gasteiger partial charge in [0.2, 0.25) is 0 Å². The van der Waals surface area contributed by atoms with Crippen LogP contribution in [0.15, 0.2) is 60.7 Å². The smallest absolute Gasteiger partial charge is 0.450 e. The summed E-state index contributed by atoms with van der Waals surface area (Å²) in [5.74, 6) is 0. The van der Waals surface area contributed by atoms with Gasteiger partial charge in [0, 0.05) is 5.56 Å². The van der Waals surface area contributed by atoms with Gasteiger partial charge in [-0.2, -0.15) is 0 Å². The van der Waals surface area contributed by atoms with Gasteiger partial charge in [-0.3, -0.25) is 4.48 Å². The van der Waals surface area contributed by atoms with Crippen LogP contribution in [0.1, 0.15) is 5.56 Å². The van der Waals surface area contributed by atoms with Gasteiger partial charge in [-0.05, 0) is 12.1 Å². The molecule has 0 aliphatic carbocycles. The molecular formula is C16H20NO3+. The molecular weight excluding hydrogens is 254 g/mol. The average Bonchev–Trinajstić information content (AvgIpc) is 2.40. The molecule has 0 aromatic heterocycles. The number of benzene rings is 2. The zero-order valence-corrected chi connectivity index (χ0v) is 11.7. The Morgan fingerprint density at radius 2 is 1.30 bits per heavy atom. The molecule has 0 saturated heterocycles. The Hall–Kier alpha value is -2.33. The lowest BCUT2D eigenvalue weighted by Gasteiger charge is -2.29. The molecule has 0 saturated carbocycles. The third kappa shape index (κ3) is 5.54. The largest absolute Gasteiger partial charge is 0.503 e. The minimum Gasteiger partial charge on any atom is -0.450 e. The first-order chi connectivity index (χ1) is 9.42. The van der Waals surface area contributed by atoms with Crippen LogP contribution in [0, 0.1) is 0 Å². The summed E-state index contributed by atoms with van der Waals surface area (Å²) in [5.41, 5.74) is 2.71. The fraction of sp³-hybridized carbons (Fsp3) is 0.188. The lowest BCUT2D eigenvalue weighted by Crippen LogP contribution is -2.39. The SMILES string of the molecule is C[N+](C)(Cc1ccccc1)c1ccccc1.O=C(O)O. The highest BCUT2D eigenvalue weighted by Gasteiger charge is 2.18. The summed E-state index contributed by atoms with van der Waals surface area (Å²) in [6.07, 6.45) is -1.83. The summed E-state index contributed by atoms with van der Waals surface area (Å²) < 4.78 is 0.880. The zero-order chi connectivity index (χ0) is 15.0. The summed E-state index contributed by atoms with van der Waals surface area (Å²) in [4.78, 5) is 8.56. The fourth-order valence-electron chi connectivity index (χ4n) is 1.96. The Kier molecular flexibility index (Phi) is 5.74. The summed E-state index contributed by atoms with van der Waals surface area (Å²) in [6.45, 7) is 1.02. The first-order valence-electron chi connectivity index (χ1n) is 6.26. The molecule has 0 bridgehead atoms. The van der Waals surface area contributed by atoms with Crippen LogP contribution in [0.25, 0.3) is 0 Å². The summed E-state index contributed by atoms with van der Waals surface area (Å²) in [5, 5.41) is 13.9. The van der Waals surface area contributed by atoms with Crippen molar-refractivity contribution in [2.45, 2.75) is 6.54 Å². The van der Waals surface area contributed by atoms with E-state index in [0.29, 0.717) is 0 Å². The number of rotatable bonds is 3. The summed E-state index contributed by atoms with van der Waals surface area (Å²) in [6, 6.07) is 21.2. The highest BCUT2D eigenvalue weighted by atomic mass is 16.6. The van der Waals surface area contributed by atoms with Crippen molar-refractivity contribution in [1.82, 2.24) is 4.48 Å². The molecule has 2 N–H and O–H groups in total. The van der Waals surface area contributed by atoms with Gasteiger partial charge in [0.05, 0.1) is 14.1 Å². The first kappa shape index (κ1) is 15.7.